The summed E-state index contributed by atoms with van der Waals surface area (Å²) in [6.45, 7) is 2.82. The van der Waals surface area contributed by atoms with Crippen molar-refractivity contribution in [2.24, 2.45) is 0 Å². The van der Waals surface area contributed by atoms with Gasteiger partial charge in [-0.2, -0.15) is 5.10 Å². The number of phenolic OH excluding ortho intramolecular Hbond substituents is 1. The van der Waals surface area contributed by atoms with Gasteiger partial charge in [-0.05, 0) is 61.1 Å². The normalized spacial score (nSPS) is 18.4. The van der Waals surface area contributed by atoms with Gasteiger partial charge in [0.25, 0.3) is 0 Å². The lowest BCUT2D eigenvalue weighted by Crippen LogP contribution is -2.18. The van der Waals surface area contributed by atoms with Crippen molar-refractivity contribution in [1.82, 2.24) is 9.78 Å². The fraction of sp³-hybridized carbons (Fsp3) is 0.316. The number of aromatic hydroxyl groups is 1. The number of ether oxygens (including phenoxy) is 1. The minimum atomic E-state index is 0.0393. The van der Waals surface area contributed by atoms with Crippen LogP contribution in [0.15, 0.2) is 42.6 Å². The molecule has 2 heterocycles. The molecule has 1 aromatic heterocycles. The SMILES string of the molecule is Cc1cc(O)ccc1-c1ccc2cnn(C3CCCCO3)c2c1. The molecule has 1 unspecified atom stereocenters. The Morgan fingerprint density at radius 2 is 2.09 bits per heavy atom. The largest absolute Gasteiger partial charge is 0.508 e. The maximum Gasteiger partial charge on any atom is 0.150 e. The second-order valence-corrected chi connectivity index (χ2v) is 6.18. The lowest BCUT2D eigenvalue weighted by atomic mass is 9.99. The Bertz CT molecular complexity index is 848. The molecule has 4 heteroatoms. The summed E-state index contributed by atoms with van der Waals surface area (Å²) in [5.41, 5.74) is 4.42. The fourth-order valence-electron chi connectivity index (χ4n) is 3.32. The zero-order valence-corrected chi connectivity index (χ0v) is 13.2. The van der Waals surface area contributed by atoms with Crippen LogP contribution in [0.25, 0.3) is 22.0 Å². The first-order chi connectivity index (χ1) is 11.2. The molecule has 4 nitrogen and oxygen atoms in total. The zero-order chi connectivity index (χ0) is 15.8. The molecule has 1 aliphatic heterocycles. The third-order valence-electron chi connectivity index (χ3n) is 4.55. The molecule has 1 fully saturated rings. The average molecular weight is 308 g/mol. The molecular weight excluding hydrogens is 288 g/mol. The van der Waals surface area contributed by atoms with Gasteiger partial charge < -0.3 is 9.84 Å². The first-order valence-corrected chi connectivity index (χ1v) is 8.11. The van der Waals surface area contributed by atoms with Crippen molar-refractivity contribution in [2.45, 2.75) is 32.4 Å². The van der Waals surface area contributed by atoms with Crippen LogP contribution in [0.5, 0.6) is 5.75 Å². The molecule has 0 amide bonds. The number of phenols is 1. The number of benzene rings is 2. The van der Waals surface area contributed by atoms with Gasteiger partial charge in [0.1, 0.15) is 5.75 Å². The Balaban J connectivity index is 1.80. The summed E-state index contributed by atoms with van der Waals surface area (Å²) in [6, 6.07) is 11.9. The van der Waals surface area contributed by atoms with E-state index in [0.717, 1.165) is 47.0 Å². The van der Waals surface area contributed by atoms with E-state index in [2.05, 4.69) is 23.3 Å². The van der Waals surface area contributed by atoms with Crippen molar-refractivity contribution in [3.8, 4) is 16.9 Å². The monoisotopic (exact) mass is 308 g/mol. The molecule has 118 valence electrons. The molecule has 1 saturated heterocycles. The number of nitrogens with zero attached hydrogens (tertiary/aromatic N) is 2. The van der Waals surface area contributed by atoms with Crippen LogP contribution in [-0.4, -0.2) is 21.5 Å². The molecule has 23 heavy (non-hydrogen) atoms. The molecule has 1 aliphatic rings. The van der Waals surface area contributed by atoms with Crippen molar-refractivity contribution in [2.75, 3.05) is 6.61 Å². The molecule has 3 aromatic rings. The number of fused-ring (bicyclic) bond motifs is 1. The highest BCUT2D eigenvalue weighted by Crippen LogP contribution is 2.31. The van der Waals surface area contributed by atoms with E-state index >= 15 is 0 Å². The molecule has 0 spiro atoms. The van der Waals surface area contributed by atoms with E-state index in [1.165, 1.54) is 6.42 Å². The van der Waals surface area contributed by atoms with Crippen molar-refractivity contribution < 1.29 is 9.84 Å². The van der Waals surface area contributed by atoms with Crippen molar-refractivity contribution in [3.63, 3.8) is 0 Å². The Morgan fingerprint density at radius 3 is 2.87 bits per heavy atom. The van der Waals surface area contributed by atoms with Gasteiger partial charge in [0.2, 0.25) is 0 Å². The highest BCUT2D eigenvalue weighted by Gasteiger charge is 2.18. The molecule has 2 aromatic carbocycles. The van der Waals surface area contributed by atoms with Gasteiger partial charge in [-0.3, -0.25) is 0 Å². The summed E-state index contributed by atoms with van der Waals surface area (Å²) in [5, 5.41) is 15.3. The third kappa shape index (κ3) is 2.59. The fourth-order valence-corrected chi connectivity index (χ4v) is 3.32. The maximum absolute atomic E-state index is 9.61. The van der Waals surface area contributed by atoms with Crippen LogP contribution in [0, 0.1) is 6.92 Å². The van der Waals surface area contributed by atoms with E-state index in [1.54, 1.807) is 12.1 Å². The van der Waals surface area contributed by atoms with Crippen LogP contribution in [-0.2, 0) is 4.74 Å². The Hall–Kier alpha value is -2.33. The second kappa shape index (κ2) is 5.70. The molecule has 4 rings (SSSR count). The van der Waals surface area contributed by atoms with Gasteiger partial charge in [-0.1, -0.05) is 18.2 Å². The number of aryl methyl sites for hydroxylation is 1. The van der Waals surface area contributed by atoms with Gasteiger partial charge >= 0.3 is 0 Å². The van der Waals surface area contributed by atoms with Crippen molar-refractivity contribution >= 4 is 10.9 Å². The number of hydrogen-bond donors (Lipinski definition) is 1. The lowest BCUT2D eigenvalue weighted by molar-refractivity contribution is -0.0366. The lowest BCUT2D eigenvalue weighted by Gasteiger charge is -2.23. The number of rotatable bonds is 2. The highest BCUT2D eigenvalue weighted by atomic mass is 16.5. The van der Waals surface area contributed by atoms with E-state index < -0.39 is 0 Å². The van der Waals surface area contributed by atoms with E-state index in [-0.39, 0.29) is 6.23 Å². The zero-order valence-electron chi connectivity index (χ0n) is 13.2. The minimum Gasteiger partial charge on any atom is -0.508 e. The molecule has 0 radical (unpaired) electrons. The van der Waals surface area contributed by atoms with E-state index in [4.69, 9.17) is 4.74 Å². The Morgan fingerprint density at radius 1 is 1.17 bits per heavy atom. The maximum atomic E-state index is 9.61. The Kier molecular flexibility index (Phi) is 3.54. The Labute approximate surface area is 135 Å². The van der Waals surface area contributed by atoms with Crippen molar-refractivity contribution in [3.05, 3.63) is 48.2 Å². The van der Waals surface area contributed by atoms with Crippen molar-refractivity contribution in [1.29, 1.82) is 0 Å². The van der Waals surface area contributed by atoms with Crippen LogP contribution in [0.4, 0.5) is 0 Å². The molecule has 1 atom stereocenters. The first-order valence-electron chi connectivity index (χ1n) is 8.11. The highest BCUT2D eigenvalue weighted by molar-refractivity contribution is 5.85. The standard InChI is InChI=1S/C19H20N2O2/c1-13-10-16(22)7-8-17(13)14-5-6-15-12-20-21(18(15)11-14)19-4-2-3-9-23-19/h5-8,10-12,19,22H,2-4,9H2,1H3. The summed E-state index contributed by atoms with van der Waals surface area (Å²) < 4.78 is 7.89. The first kappa shape index (κ1) is 14.3. The van der Waals surface area contributed by atoms with Crippen LogP contribution < -0.4 is 0 Å². The quantitative estimate of drug-likeness (QED) is 0.762. The predicted molar refractivity (Wildman–Crippen MR) is 90.4 cm³/mol. The molecule has 0 saturated carbocycles. The summed E-state index contributed by atoms with van der Waals surface area (Å²) in [4.78, 5) is 0. The minimum absolute atomic E-state index is 0.0393. The van der Waals surface area contributed by atoms with Gasteiger partial charge in [0.05, 0.1) is 11.7 Å². The van der Waals surface area contributed by atoms with Gasteiger partial charge in [-0.25, -0.2) is 4.68 Å². The number of aromatic nitrogens is 2. The summed E-state index contributed by atoms with van der Waals surface area (Å²) in [5.74, 6) is 0.299. The summed E-state index contributed by atoms with van der Waals surface area (Å²) in [7, 11) is 0. The van der Waals surface area contributed by atoms with Crippen LogP contribution in [0.2, 0.25) is 0 Å². The van der Waals surface area contributed by atoms with Crippen LogP contribution in [0.1, 0.15) is 31.1 Å². The van der Waals surface area contributed by atoms with E-state index in [9.17, 15) is 5.11 Å². The van der Waals surface area contributed by atoms with E-state index in [0.29, 0.717) is 5.75 Å². The molecule has 1 N–H and O–H groups in total. The number of hydrogen-bond acceptors (Lipinski definition) is 3. The second-order valence-electron chi connectivity index (χ2n) is 6.18. The predicted octanol–water partition coefficient (Wildman–Crippen LogP) is 4.42. The third-order valence-corrected chi connectivity index (χ3v) is 4.55. The summed E-state index contributed by atoms with van der Waals surface area (Å²) >= 11 is 0. The molecule has 0 aliphatic carbocycles. The van der Waals surface area contributed by atoms with Crippen LogP contribution in [0.3, 0.4) is 0 Å². The molecule has 0 bridgehead atoms. The average Bonchev–Trinajstić information content (AvgIpc) is 2.99. The smallest absolute Gasteiger partial charge is 0.150 e. The van der Waals surface area contributed by atoms with Gasteiger partial charge in [0, 0.05) is 12.0 Å². The summed E-state index contributed by atoms with van der Waals surface area (Å²) in [6.07, 6.45) is 5.27. The van der Waals surface area contributed by atoms with Gasteiger partial charge in [0.15, 0.2) is 6.23 Å². The van der Waals surface area contributed by atoms with Crippen LogP contribution >= 0.6 is 0 Å². The molecular formula is C19H20N2O2. The topological polar surface area (TPSA) is 47.3 Å². The van der Waals surface area contributed by atoms with E-state index in [1.807, 2.05) is 23.9 Å². The van der Waals surface area contributed by atoms with Gasteiger partial charge in [-0.15, -0.1) is 0 Å².